The van der Waals surface area contributed by atoms with E-state index >= 15 is 0 Å². The van der Waals surface area contributed by atoms with Crippen molar-refractivity contribution in [1.29, 1.82) is 0 Å². The van der Waals surface area contributed by atoms with Gasteiger partial charge >= 0.3 is 12.4 Å². The van der Waals surface area contributed by atoms with Crippen molar-refractivity contribution >= 4 is 0 Å². The molecule has 0 aromatic heterocycles. The van der Waals surface area contributed by atoms with Gasteiger partial charge in [0.2, 0.25) is 6.10 Å². The van der Waals surface area contributed by atoms with E-state index in [9.17, 15) is 26.3 Å². The van der Waals surface area contributed by atoms with Crippen LogP contribution in [-0.2, 0) is 4.74 Å². The predicted molar refractivity (Wildman–Crippen MR) is 53.9 cm³/mol. The average Bonchev–Trinajstić information content (AvgIpc) is 1.94. The van der Waals surface area contributed by atoms with Crippen LogP contribution in [0.25, 0.3) is 0 Å². The molecule has 110 valence electrons. The fourth-order valence-electron chi connectivity index (χ4n) is 1.60. The maximum Gasteiger partial charge on any atom is 0.423 e. The lowest BCUT2D eigenvalue weighted by atomic mass is 9.85. The third-order valence-corrected chi connectivity index (χ3v) is 2.21. The third kappa shape index (κ3) is 5.01. The minimum absolute atomic E-state index is 0.942. The van der Waals surface area contributed by atoms with E-state index in [1.54, 1.807) is 0 Å². The first-order valence-corrected chi connectivity index (χ1v) is 5.22. The molecule has 8 heteroatoms. The fraction of sp³-hybridized carbons (Fsp3) is 1.00. The summed E-state index contributed by atoms with van der Waals surface area (Å²) in [7, 11) is 0. The van der Waals surface area contributed by atoms with Crippen LogP contribution in [-0.4, -0.2) is 30.6 Å². The summed E-state index contributed by atoms with van der Waals surface area (Å²) < 4.78 is 78.3. The highest BCUT2D eigenvalue weighted by atomic mass is 19.4. The lowest BCUT2D eigenvalue weighted by molar-refractivity contribution is -0.337. The highest BCUT2D eigenvalue weighted by Gasteiger charge is 2.59. The summed E-state index contributed by atoms with van der Waals surface area (Å²) in [6, 6.07) is -0.961. The highest BCUT2D eigenvalue weighted by Crippen LogP contribution is 2.39. The molecule has 0 aliphatic rings. The van der Waals surface area contributed by atoms with E-state index in [1.165, 1.54) is 27.7 Å². The van der Waals surface area contributed by atoms with Crippen molar-refractivity contribution in [3.05, 3.63) is 0 Å². The van der Waals surface area contributed by atoms with Crippen LogP contribution in [0.5, 0.6) is 0 Å². The second-order valence-corrected chi connectivity index (χ2v) is 5.25. The molecule has 0 amide bonds. The largest absolute Gasteiger partial charge is 0.423 e. The Kier molecular flexibility index (Phi) is 5.10. The van der Waals surface area contributed by atoms with Gasteiger partial charge in [0.15, 0.2) is 0 Å². The summed E-state index contributed by atoms with van der Waals surface area (Å²) in [5.74, 6) is 0. The summed E-state index contributed by atoms with van der Waals surface area (Å²) >= 11 is 0. The number of alkyl halides is 6. The molecule has 0 fully saturated rings. The van der Waals surface area contributed by atoms with Gasteiger partial charge in [-0.25, -0.2) is 0 Å². The zero-order chi connectivity index (χ0) is 14.9. The normalized spacial score (nSPS) is 18.0. The SMILES string of the molecule is CC(N)C(OC(C(F)(F)F)C(F)(F)F)C(C)(C)C. The van der Waals surface area contributed by atoms with Gasteiger partial charge < -0.3 is 10.5 Å². The molecule has 0 aliphatic heterocycles. The second kappa shape index (κ2) is 5.24. The van der Waals surface area contributed by atoms with Gasteiger partial charge in [0.05, 0.1) is 6.10 Å². The lowest BCUT2D eigenvalue weighted by Crippen LogP contribution is -2.53. The van der Waals surface area contributed by atoms with Crippen LogP contribution in [0.3, 0.4) is 0 Å². The van der Waals surface area contributed by atoms with Crippen LogP contribution in [0.4, 0.5) is 26.3 Å². The summed E-state index contributed by atoms with van der Waals surface area (Å²) in [5.41, 5.74) is 4.46. The Morgan fingerprint density at radius 3 is 1.39 bits per heavy atom. The molecule has 2 unspecified atom stereocenters. The van der Waals surface area contributed by atoms with Gasteiger partial charge in [-0.2, -0.15) is 26.3 Å². The quantitative estimate of drug-likeness (QED) is 0.806. The standard InChI is InChI=1S/C10H17F6NO/c1-5(17)6(8(2,3)4)18-7(9(11,12)13)10(14,15)16/h5-7H,17H2,1-4H3. The van der Waals surface area contributed by atoms with Gasteiger partial charge in [-0.3, -0.25) is 0 Å². The highest BCUT2D eigenvalue weighted by molar-refractivity contribution is 4.86. The molecule has 2 N–H and O–H groups in total. The minimum Gasteiger partial charge on any atom is -0.355 e. The zero-order valence-corrected chi connectivity index (χ0v) is 10.5. The van der Waals surface area contributed by atoms with Crippen molar-refractivity contribution in [2.75, 3.05) is 0 Å². The first-order chi connectivity index (χ1) is 7.67. The molecule has 0 aromatic carbocycles. The van der Waals surface area contributed by atoms with Gasteiger partial charge in [-0.1, -0.05) is 20.8 Å². The molecule has 0 saturated heterocycles. The molecule has 0 aliphatic carbocycles. The molecule has 0 heterocycles. The third-order valence-electron chi connectivity index (χ3n) is 2.21. The Bertz CT molecular complexity index is 251. The smallest absolute Gasteiger partial charge is 0.355 e. The minimum atomic E-state index is -5.52. The van der Waals surface area contributed by atoms with Gasteiger partial charge in [0, 0.05) is 6.04 Å². The number of ether oxygens (including phenoxy) is 1. The topological polar surface area (TPSA) is 35.2 Å². The molecule has 0 aromatic rings. The van der Waals surface area contributed by atoms with Crippen molar-refractivity contribution in [2.24, 2.45) is 11.1 Å². The predicted octanol–water partition coefficient (Wildman–Crippen LogP) is 3.26. The number of rotatable bonds is 3. The van der Waals surface area contributed by atoms with E-state index in [0.717, 1.165) is 0 Å². The molecule has 2 nitrogen and oxygen atoms in total. The molecule has 18 heavy (non-hydrogen) atoms. The van der Waals surface area contributed by atoms with Crippen molar-refractivity contribution in [3.8, 4) is 0 Å². The summed E-state index contributed by atoms with van der Waals surface area (Å²) in [4.78, 5) is 0. The van der Waals surface area contributed by atoms with Crippen molar-refractivity contribution in [2.45, 2.75) is 58.3 Å². The zero-order valence-electron chi connectivity index (χ0n) is 10.5. The molecule has 0 saturated carbocycles. The van der Waals surface area contributed by atoms with Crippen LogP contribution in [0.2, 0.25) is 0 Å². The number of halogens is 6. The van der Waals surface area contributed by atoms with Gasteiger partial charge in [0.25, 0.3) is 0 Å². The van der Waals surface area contributed by atoms with Crippen LogP contribution < -0.4 is 5.73 Å². The molecule has 0 radical (unpaired) electrons. The Balaban J connectivity index is 5.20. The first-order valence-electron chi connectivity index (χ1n) is 5.22. The Morgan fingerprint density at radius 1 is 0.889 bits per heavy atom. The van der Waals surface area contributed by atoms with Crippen molar-refractivity contribution in [3.63, 3.8) is 0 Å². The van der Waals surface area contributed by atoms with E-state index in [1.807, 2.05) is 0 Å². The van der Waals surface area contributed by atoms with Crippen molar-refractivity contribution < 1.29 is 31.1 Å². The molecule has 0 spiro atoms. The van der Waals surface area contributed by atoms with E-state index in [4.69, 9.17) is 5.73 Å². The van der Waals surface area contributed by atoms with E-state index in [2.05, 4.69) is 4.74 Å². The fourth-order valence-corrected chi connectivity index (χ4v) is 1.60. The summed E-state index contributed by atoms with van der Waals surface area (Å²) in [5, 5.41) is 0. The molecule has 0 bridgehead atoms. The van der Waals surface area contributed by atoms with Gasteiger partial charge in [-0.05, 0) is 12.3 Å². The second-order valence-electron chi connectivity index (χ2n) is 5.25. The number of hydrogen-bond acceptors (Lipinski definition) is 2. The molecule has 0 rings (SSSR count). The van der Waals surface area contributed by atoms with E-state index < -0.39 is 36.0 Å². The lowest BCUT2D eigenvalue weighted by Gasteiger charge is -2.37. The molecular weight excluding hydrogens is 264 g/mol. The average molecular weight is 281 g/mol. The molecule has 2 atom stereocenters. The van der Waals surface area contributed by atoms with Crippen LogP contribution >= 0.6 is 0 Å². The van der Waals surface area contributed by atoms with Crippen LogP contribution in [0, 0.1) is 5.41 Å². The summed E-state index contributed by atoms with van der Waals surface area (Å²) in [6.07, 6.45) is -16.2. The van der Waals surface area contributed by atoms with Crippen LogP contribution in [0.1, 0.15) is 27.7 Å². The number of hydrogen-bond donors (Lipinski definition) is 1. The maximum absolute atomic E-state index is 12.3. The summed E-state index contributed by atoms with van der Waals surface area (Å²) in [6.45, 7) is 5.69. The Morgan fingerprint density at radius 2 is 1.22 bits per heavy atom. The van der Waals surface area contributed by atoms with E-state index in [0.29, 0.717) is 0 Å². The van der Waals surface area contributed by atoms with Crippen molar-refractivity contribution in [1.82, 2.24) is 0 Å². The van der Waals surface area contributed by atoms with Crippen LogP contribution in [0.15, 0.2) is 0 Å². The maximum atomic E-state index is 12.3. The first kappa shape index (κ1) is 17.5. The Labute approximate surface area is 101 Å². The monoisotopic (exact) mass is 281 g/mol. The van der Waals surface area contributed by atoms with Gasteiger partial charge in [-0.15, -0.1) is 0 Å². The number of nitrogens with two attached hydrogens (primary N) is 1. The Hall–Kier alpha value is -0.500. The molecular formula is C10H17F6NO. The van der Waals surface area contributed by atoms with Gasteiger partial charge in [0.1, 0.15) is 0 Å². The van der Waals surface area contributed by atoms with E-state index in [-0.39, 0.29) is 0 Å².